The highest BCUT2D eigenvalue weighted by Crippen LogP contribution is 2.43. The zero-order valence-electron chi connectivity index (χ0n) is 19.6. The van der Waals surface area contributed by atoms with Crippen molar-refractivity contribution in [2.24, 2.45) is 5.92 Å². The quantitative estimate of drug-likeness (QED) is 0.473. The van der Waals surface area contributed by atoms with E-state index < -0.39 is 108 Å². The zero-order chi connectivity index (χ0) is 28.4. The van der Waals surface area contributed by atoms with Gasteiger partial charge in [0, 0.05) is 30.9 Å². The molecular weight excluding hydrogens is 544 g/mol. The van der Waals surface area contributed by atoms with Gasteiger partial charge in [0.15, 0.2) is 17.5 Å². The van der Waals surface area contributed by atoms with E-state index in [-0.39, 0.29) is 5.56 Å². The number of carbonyl (C=O) groups excluding carboxylic acids is 2. The van der Waals surface area contributed by atoms with Crippen LogP contribution in [0.2, 0.25) is 0 Å². The van der Waals surface area contributed by atoms with Gasteiger partial charge >= 0.3 is 6.18 Å². The molecule has 1 saturated heterocycles. The molecule has 3 heterocycles. The monoisotopic (exact) mass is 562 g/mol. The topological polar surface area (TPSA) is 106 Å². The Morgan fingerprint density at radius 3 is 2.44 bits per heavy atom. The van der Waals surface area contributed by atoms with Crippen LogP contribution in [-0.4, -0.2) is 62.5 Å². The van der Waals surface area contributed by atoms with Crippen LogP contribution in [0, 0.1) is 17.6 Å². The van der Waals surface area contributed by atoms with E-state index in [2.05, 4.69) is 15.4 Å². The number of amides is 2. The molecule has 2 aliphatic rings. The lowest BCUT2D eigenvalue weighted by molar-refractivity contribution is -0.159. The smallest absolute Gasteiger partial charge is 0.382 e. The molecule has 0 bridgehead atoms. The van der Waals surface area contributed by atoms with Crippen molar-refractivity contribution in [3.63, 3.8) is 0 Å². The summed E-state index contributed by atoms with van der Waals surface area (Å²) in [6, 6.07) is 0.521. The fourth-order valence-corrected chi connectivity index (χ4v) is 4.81. The van der Waals surface area contributed by atoms with E-state index in [1.54, 1.807) is 0 Å². The van der Waals surface area contributed by atoms with Crippen LogP contribution >= 0.6 is 0 Å². The summed E-state index contributed by atoms with van der Waals surface area (Å²) in [5, 5.41) is 5.86. The third-order valence-electron chi connectivity index (χ3n) is 6.77. The van der Waals surface area contributed by atoms with Crippen LogP contribution in [0.15, 0.2) is 24.5 Å². The molecule has 1 saturated carbocycles. The number of nitrogens with one attached hydrogen (secondary N) is 1. The lowest BCUT2D eigenvalue weighted by atomic mass is 9.80. The van der Waals surface area contributed by atoms with Gasteiger partial charge in [-0.25, -0.2) is 31.5 Å². The van der Waals surface area contributed by atoms with Crippen LogP contribution in [0.4, 0.5) is 40.9 Å². The number of likely N-dealkylation sites (tertiary alicyclic amines) is 1. The molecule has 2 amide bonds. The number of halogens is 8. The number of aromatic nitrogens is 3. The Kier molecular flexibility index (Phi) is 6.18. The minimum absolute atomic E-state index is 0.381. The number of rotatable bonds is 4. The van der Waals surface area contributed by atoms with Gasteiger partial charge in [0.2, 0.25) is 11.8 Å². The van der Waals surface area contributed by atoms with Crippen molar-refractivity contribution >= 4 is 23.1 Å². The highest BCUT2D eigenvalue weighted by Gasteiger charge is 2.51. The van der Waals surface area contributed by atoms with Crippen LogP contribution < -0.4 is 11.1 Å². The summed E-state index contributed by atoms with van der Waals surface area (Å²) in [5.74, 6) is -9.75. The van der Waals surface area contributed by atoms with E-state index >= 15 is 0 Å². The first-order valence-electron chi connectivity index (χ1n) is 11.5. The summed E-state index contributed by atoms with van der Waals surface area (Å²) < 4.78 is 112. The lowest BCUT2D eigenvalue weighted by Gasteiger charge is -2.36. The number of nitrogens with two attached hydrogens (primary N) is 1. The average molecular weight is 562 g/mol. The molecule has 1 aliphatic heterocycles. The largest absolute Gasteiger partial charge is 0.418 e. The highest BCUT2D eigenvalue weighted by molar-refractivity contribution is 5.96. The first-order chi connectivity index (χ1) is 18.2. The molecule has 1 aromatic carbocycles. The number of fused-ring (bicyclic) bond motifs is 1. The molecule has 3 N–H and O–H groups in total. The predicted molar refractivity (Wildman–Crippen MR) is 118 cm³/mol. The summed E-state index contributed by atoms with van der Waals surface area (Å²) in [7, 11) is 0. The maximum absolute atomic E-state index is 14.6. The fourth-order valence-electron chi connectivity index (χ4n) is 4.81. The molecule has 208 valence electrons. The van der Waals surface area contributed by atoms with Crippen molar-refractivity contribution in [1.29, 1.82) is 0 Å². The molecule has 3 aromatic rings. The molecule has 0 radical (unpaired) electrons. The second-order valence-electron chi connectivity index (χ2n) is 9.47. The second kappa shape index (κ2) is 9.05. The molecule has 16 heteroatoms. The Bertz CT molecular complexity index is 1480. The first kappa shape index (κ1) is 26.6. The van der Waals surface area contributed by atoms with Gasteiger partial charge in [-0.05, 0) is 18.2 Å². The van der Waals surface area contributed by atoms with E-state index in [9.17, 15) is 44.7 Å². The first-order valence-corrected chi connectivity index (χ1v) is 11.5. The van der Waals surface area contributed by atoms with Crippen molar-refractivity contribution in [2.45, 2.75) is 37.2 Å². The van der Waals surface area contributed by atoms with Crippen molar-refractivity contribution in [1.82, 2.24) is 24.8 Å². The van der Waals surface area contributed by atoms with Crippen LogP contribution in [0.25, 0.3) is 16.8 Å². The van der Waals surface area contributed by atoms with Crippen molar-refractivity contribution in [3.8, 4) is 11.3 Å². The van der Waals surface area contributed by atoms with E-state index in [0.29, 0.717) is 16.6 Å². The highest BCUT2D eigenvalue weighted by atomic mass is 19.4. The number of alkyl halides is 6. The molecule has 8 nitrogen and oxygen atoms in total. The summed E-state index contributed by atoms with van der Waals surface area (Å²) in [6.07, 6.45) is -7.25. The number of anilines is 1. The molecular formula is C23H18F8N6O2. The van der Waals surface area contributed by atoms with Gasteiger partial charge < -0.3 is 16.0 Å². The number of carbonyl (C=O) groups is 2. The van der Waals surface area contributed by atoms with E-state index in [1.165, 1.54) is 0 Å². The maximum Gasteiger partial charge on any atom is 0.418 e. The summed E-state index contributed by atoms with van der Waals surface area (Å²) in [5.41, 5.74) is 1.96. The van der Waals surface area contributed by atoms with Crippen LogP contribution in [-0.2, 0) is 11.0 Å². The van der Waals surface area contributed by atoms with E-state index in [0.717, 1.165) is 17.3 Å². The Morgan fingerprint density at radius 1 is 1.10 bits per heavy atom. The molecule has 0 unspecified atom stereocenters. The number of hydrogen-bond acceptors (Lipinski definition) is 5. The Hall–Kier alpha value is -3.98. The Morgan fingerprint density at radius 2 is 1.79 bits per heavy atom. The minimum Gasteiger partial charge on any atom is -0.382 e. The number of nitrogen functional groups attached to an aromatic ring is 1. The van der Waals surface area contributed by atoms with Gasteiger partial charge in [-0.15, -0.1) is 0 Å². The van der Waals surface area contributed by atoms with Gasteiger partial charge in [0.25, 0.3) is 5.91 Å². The standard InChI is InChI=1S/C23H18F8N6O2/c24-13-2-9(16-3-12(23(29,30)31)18-19(32)33-8-34-37(16)18)1-11(17(13)26)20(38)35-15-7-36(6-14(15)25)21(39)10-4-22(27,28)5-10/h1-3,8,10,14-15H,4-7H2,(H,35,38)(H2,32,33,34)/t14-,15+/m0/s1. The molecule has 2 atom stereocenters. The summed E-state index contributed by atoms with van der Waals surface area (Å²) >= 11 is 0. The Balaban J connectivity index is 1.42. The van der Waals surface area contributed by atoms with Crippen LogP contribution in [0.5, 0.6) is 0 Å². The van der Waals surface area contributed by atoms with Gasteiger partial charge in [-0.1, -0.05) is 0 Å². The normalized spacial score (nSPS) is 21.3. The number of nitrogens with zero attached hydrogens (tertiary/aromatic N) is 4. The molecule has 5 rings (SSSR count). The maximum atomic E-state index is 14.6. The van der Waals surface area contributed by atoms with Crippen LogP contribution in [0.1, 0.15) is 28.8 Å². The SMILES string of the molecule is Nc1ncnn2c(-c3cc(F)c(F)c(C(=O)N[C@@H]4CN(C(=O)C5CC(F)(F)C5)C[C@@H]4F)c3)cc(C(F)(F)F)c12. The third kappa shape index (κ3) is 4.71. The lowest BCUT2D eigenvalue weighted by Crippen LogP contribution is -2.47. The zero-order valence-corrected chi connectivity index (χ0v) is 19.6. The van der Waals surface area contributed by atoms with Crippen LogP contribution in [0.3, 0.4) is 0 Å². The number of hydrogen-bond donors (Lipinski definition) is 2. The Labute approximate surface area is 213 Å². The van der Waals surface area contributed by atoms with Crippen molar-refractivity contribution in [2.75, 3.05) is 18.8 Å². The second-order valence-corrected chi connectivity index (χ2v) is 9.47. The average Bonchev–Trinajstić information content (AvgIpc) is 3.40. The molecule has 39 heavy (non-hydrogen) atoms. The van der Waals surface area contributed by atoms with E-state index in [1.807, 2.05) is 0 Å². The number of benzene rings is 1. The van der Waals surface area contributed by atoms with Gasteiger partial charge in [0.05, 0.1) is 29.4 Å². The summed E-state index contributed by atoms with van der Waals surface area (Å²) in [4.78, 5) is 29.7. The van der Waals surface area contributed by atoms with Gasteiger partial charge in [0.1, 0.15) is 18.0 Å². The summed E-state index contributed by atoms with van der Waals surface area (Å²) in [6.45, 7) is -0.897. The molecule has 2 fully saturated rings. The third-order valence-corrected chi connectivity index (χ3v) is 6.77. The molecule has 1 aliphatic carbocycles. The predicted octanol–water partition coefficient (Wildman–Crippen LogP) is 3.60. The van der Waals surface area contributed by atoms with E-state index in [4.69, 9.17) is 5.73 Å². The fraction of sp³-hybridized carbons (Fsp3) is 0.391. The minimum atomic E-state index is -4.92. The van der Waals surface area contributed by atoms with Gasteiger partial charge in [-0.3, -0.25) is 9.59 Å². The van der Waals surface area contributed by atoms with Gasteiger partial charge in [-0.2, -0.15) is 18.3 Å². The molecule has 0 spiro atoms. The van der Waals surface area contributed by atoms with Crippen molar-refractivity contribution < 1.29 is 44.7 Å². The molecule has 2 aromatic heterocycles. The van der Waals surface area contributed by atoms with Crippen molar-refractivity contribution in [3.05, 3.63) is 47.3 Å².